The van der Waals surface area contributed by atoms with Crippen LogP contribution in [0.5, 0.6) is 0 Å². The standard InChI is InChI=1S/C22H22N4O3/c1-4-29-22(28)17-7-5-6-8-18(17)26-21(27)19-12-20(24-13-23-19)25-16-10-9-14(2)15(3)11-16/h5-13H,4H2,1-3H3,(H,26,27)(H,23,24,25). The number of benzene rings is 2. The van der Waals surface area contributed by atoms with Crippen molar-refractivity contribution in [2.45, 2.75) is 20.8 Å². The van der Waals surface area contributed by atoms with Gasteiger partial charge in [-0.3, -0.25) is 4.79 Å². The van der Waals surface area contributed by atoms with E-state index in [4.69, 9.17) is 4.74 Å². The lowest BCUT2D eigenvalue weighted by atomic mass is 10.1. The summed E-state index contributed by atoms with van der Waals surface area (Å²) in [5.74, 6) is -0.456. The van der Waals surface area contributed by atoms with E-state index < -0.39 is 11.9 Å². The van der Waals surface area contributed by atoms with E-state index in [9.17, 15) is 9.59 Å². The van der Waals surface area contributed by atoms with E-state index >= 15 is 0 Å². The molecular weight excluding hydrogens is 368 g/mol. The molecule has 0 aliphatic rings. The van der Waals surface area contributed by atoms with E-state index in [0.29, 0.717) is 11.5 Å². The Hall–Kier alpha value is -3.74. The van der Waals surface area contributed by atoms with Crippen LogP contribution in [-0.2, 0) is 4.74 Å². The first-order chi connectivity index (χ1) is 14.0. The van der Waals surface area contributed by atoms with Gasteiger partial charge >= 0.3 is 5.97 Å². The number of esters is 1. The maximum atomic E-state index is 12.7. The highest BCUT2D eigenvalue weighted by atomic mass is 16.5. The van der Waals surface area contributed by atoms with Crippen molar-refractivity contribution < 1.29 is 14.3 Å². The molecule has 0 aliphatic heterocycles. The summed E-state index contributed by atoms with van der Waals surface area (Å²) >= 11 is 0. The molecule has 0 radical (unpaired) electrons. The molecule has 0 spiro atoms. The summed E-state index contributed by atoms with van der Waals surface area (Å²) in [5.41, 5.74) is 4.02. The van der Waals surface area contributed by atoms with Crippen LogP contribution in [0.25, 0.3) is 0 Å². The van der Waals surface area contributed by atoms with Gasteiger partial charge in [0, 0.05) is 11.8 Å². The van der Waals surface area contributed by atoms with Crippen LogP contribution in [0.3, 0.4) is 0 Å². The number of rotatable bonds is 6. The van der Waals surface area contributed by atoms with E-state index in [0.717, 1.165) is 11.3 Å². The fourth-order valence-corrected chi connectivity index (χ4v) is 2.68. The number of nitrogens with one attached hydrogen (secondary N) is 2. The number of aryl methyl sites for hydroxylation is 2. The van der Waals surface area contributed by atoms with Gasteiger partial charge in [0.2, 0.25) is 0 Å². The monoisotopic (exact) mass is 390 g/mol. The Morgan fingerprint density at radius 2 is 1.79 bits per heavy atom. The molecule has 3 rings (SSSR count). The van der Waals surface area contributed by atoms with E-state index in [-0.39, 0.29) is 17.9 Å². The summed E-state index contributed by atoms with van der Waals surface area (Å²) < 4.78 is 5.03. The largest absolute Gasteiger partial charge is 0.462 e. The first-order valence-electron chi connectivity index (χ1n) is 9.21. The highest BCUT2D eigenvalue weighted by Crippen LogP contribution is 2.20. The summed E-state index contributed by atoms with van der Waals surface area (Å²) in [6, 6.07) is 14.2. The second-order valence-corrected chi connectivity index (χ2v) is 6.43. The topological polar surface area (TPSA) is 93.2 Å². The van der Waals surface area contributed by atoms with Crippen LogP contribution < -0.4 is 10.6 Å². The Morgan fingerprint density at radius 3 is 2.55 bits per heavy atom. The van der Waals surface area contributed by atoms with Gasteiger partial charge in [-0.2, -0.15) is 0 Å². The summed E-state index contributed by atoms with van der Waals surface area (Å²) in [5, 5.41) is 5.89. The molecule has 1 amide bonds. The van der Waals surface area contributed by atoms with Crippen LogP contribution in [-0.4, -0.2) is 28.5 Å². The molecule has 0 unspecified atom stereocenters. The van der Waals surface area contributed by atoms with Gasteiger partial charge in [0.1, 0.15) is 17.8 Å². The first kappa shape index (κ1) is 20.0. The number of carbonyl (C=O) groups is 2. The minimum atomic E-state index is -0.497. The van der Waals surface area contributed by atoms with Crippen molar-refractivity contribution in [1.82, 2.24) is 9.97 Å². The maximum absolute atomic E-state index is 12.7. The van der Waals surface area contributed by atoms with Gasteiger partial charge < -0.3 is 15.4 Å². The van der Waals surface area contributed by atoms with E-state index in [1.165, 1.54) is 11.9 Å². The minimum Gasteiger partial charge on any atom is -0.462 e. The summed E-state index contributed by atoms with van der Waals surface area (Å²) in [7, 11) is 0. The molecule has 0 saturated heterocycles. The third kappa shape index (κ3) is 4.95. The Morgan fingerprint density at radius 1 is 1.00 bits per heavy atom. The average Bonchev–Trinajstić information content (AvgIpc) is 2.71. The van der Waals surface area contributed by atoms with Crippen LogP contribution in [0, 0.1) is 13.8 Å². The summed E-state index contributed by atoms with van der Waals surface area (Å²) in [6.07, 6.45) is 1.32. The van der Waals surface area contributed by atoms with Crippen molar-refractivity contribution in [1.29, 1.82) is 0 Å². The quantitative estimate of drug-likeness (QED) is 0.611. The van der Waals surface area contributed by atoms with Gasteiger partial charge in [0.15, 0.2) is 0 Å². The number of aromatic nitrogens is 2. The highest BCUT2D eigenvalue weighted by molar-refractivity contribution is 6.07. The van der Waals surface area contributed by atoms with Crippen molar-refractivity contribution >= 4 is 29.1 Å². The Kier molecular flexibility index (Phi) is 6.19. The Labute approximate surface area is 169 Å². The highest BCUT2D eigenvalue weighted by Gasteiger charge is 2.16. The number of amides is 1. The fraction of sp³-hybridized carbons (Fsp3) is 0.182. The van der Waals surface area contributed by atoms with Gasteiger partial charge in [-0.25, -0.2) is 14.8 Å². The Bertz CT molecular complexity index is 1050. The van der Waals surface area contributed by atoms with E-state index in [1.54, 1.807) is 37.3 Å². The molecule has 0 aliphatic carbocycles. The molecule has 3 aromatic rings. The number of anilines is 3. The Balaban J connectivity index is 1.78. The molecule has 0 bridgehead atoms. The molecule has 1 heterocycles. The van der Waals surface area contributed by atoms with Crippen molar-refractivity contribution in [3.63, 3.8) is 0 Å². The van der Waals surface area contributed by atoms with Crippen LogP contribution in [0.1, 0.15) is 38.9 Å². The number of ether oxygens (including phenoxy) is 1. The number of nitrogens with zero attached hydrogens (tertiary/aromatic N) is 2. The van der Waals surface area contributed by atoms with Gasteiger partial charge in [0.05, 0.1) is 17.9 Å². The predicted molar refractivity (Wildman–Crippen MR) is 112 cm³/mol. The van der Waals surface area contributed by atoms with Gasteiger partial charge in [-0.1, -0.05) is 18.2 Å². The zero-order valence-corrected chi connectivity index (χ0v) is 16.5. The molecule has 2 aromatic carbocycles. The third-order valence-electron chi connectivity index (χ3n) is 4.35. The zero-order chi connectivity index (χ0) is 20.8. The first-order valence-corrected chi connectivity index (χ1v) is 9.21. The minimum absolute atomic E-state index is 0.171. The second-order valence-electron chi connectivity index (χ2n) is 6.43. The number of para-hydroxylation sites is 1. The molecule has 0 saturated carbocycles. The molecule has 7 nitrogen and oxygen atoms in total. The lowest BCUT2D eigenvalue weighted by Gasteiger charge is -2.11. The van der Waals surface area contributed by atoms with Crippen molar-refractivity contribution in [3.05, 3.63) is 77.2 Å². The van der Waals surface area contributed by atoms with E-state index in [1.807, 2.05) is 32.0 Å². The SMILES string of the molecule is CCOC(=O)c1ccccc1NC(=O)c1cc(Nc2ccc(C)c(C)c2)ncn1. The smallest absolute Gasteiger partial charge is 0.340 e. The molecule has 148 valence electrons. The number of hydrogen-bond donors (Lipinski definition) is 2. The van der Waals surface area contributed by atoms with Crippen molar-refractivity contribution in [3.8, 4) is 0 Å². The van der Waals surface area contributed by atoms with Crippen LogP contribution in [0.15, 0.2) is 54.9 Å². The molecule has 0 fully saturated rings. The van der Waals surface area contributed by atoms with Crippen LogP contribution in [0.2, 0.25) is 0 Å². The van der Waals surface area contributed by atoms with E-state index in [2.05, 4.69) is 20.6 Å². The maximum Gasteiger partial charge on any atom is 0.340 e. The number of carbonyl (C=O) groups excluding carboxylic acids is 2. The second kappa shape index (κ2) is 8.97. The zero-order valence-electron chi connectivity index (χ0n) is 16.5. The molecule has 7 heteroatoms. The van der Waals surface area contributed by atoms with Gasteiger partial charge in [-0.15, -0.1) is 0 Å². The fourth-order valence-electron chi connectivity index (χ4n) is 2.68. The molecule has 2 N–H and O–H groups in total. The third-order valence-corrected chi connectivity index (χ3v) is 4.35. The molecular formula is C22H22N4O3. The molecule has 0 atom stereocenters. The lowest BCUT2D eigenvalue weighted by molar-refractivity contribution is 0.0527. The average molecular weight is 390 g/mol. The lowest BCUT2D eigenvalue weighted by Crippen LogP contribution is -2.17. The van der Waals surface area contributed by atoms with Gasteiger partial charge in [-0.05, 0) is 56.2 Å². The normalized spacial score (nSPS) is 10.3. The van der Waals surface area contributed by atoms with Crippen molar-refractivity contribution in [2.75, 3.05) is 17.2 Å². The van der Waals surface area contributed by atoms with Crippen LogP contribution in [0.4, 0.5) is 17.2 Å². The summed E-state index contributed by atoms with van der Waals surface area (Å²) in [6.45, 7) is 6.05. The van der Waals surface area contributed by atoms with Crippen LogP contribution >= 0.6 is 0 Å². The molecule has 1 aromatic heterocycles. The molecule has 29 heavy (non-hydrogen) atoms. The van der Waals surface area contributed by atoms with Gasteiger partial charge in [0.25, 0.3) is 5.91 Å². The number of hydrogen-bond acceptors (Lipinski definition) is 6. The van der Waals surface area contributed by atoms with Crippen molar-refractivity contribution in [2.24, 2.45) is 0 Å². The summed E-state index contributed by atoms with van der Waals surface area (Å²) in [4.78, 5) is 33.0. The predicted octanol–water partition coefficient (Wildman–Crippen LogP) is 4.27.